The van der Waals surface area contributed by atoms with E-state index in [0.29, 0.717) is 37.7 Å². The molecule has 0 bridgehead atoms. The molecule has 218 valence electrons. The van der Waals surface area contributed by atoms with Crippen molar-refractivity contribution in [1.29, 1.82) is 0 Å². The van der Waals surface area contributed by atoms with Gasteiger partial charge in [0.15, 0.2) is 0 Å². The molecule has 10 nitrogen and oxygen atoms in total. The van der Waals surface area contributed by atoms with Crippen LogP contribution in [-0.2, 0) is 13.1 Å². The van der Waals surface area contributed by atoms with Crippen molar-refractivity contribution in [3.63, 3.8) is 0 Å². The average molecular weight is 822 g/mol. The van der Waals surface area contributed by atoms with Crippen molar-refractivity contribution in [2.75, 3.05) is 13.1 Å². The van der Waals surface area contributed by atoms with Gasteiger partial charge in [-0.1, -0.05) is 36.4 Å². The summed E-state index contributed by atoms with van der Waals surface area (Å²) >= 11 is 52.0. The molecule has 4 aliphatic heterocycles. The van der Waals surface area contributed by atoms with Gasteiger partial charge < -0.3 is 9.05 Å². The van der Waals surface area contributed by atoms with Gasteiger partial charge in [0, 0.05) is 37.3 Å². The molecule has 0 aromatic heterocycles. The van der Waals surface area contributed by atoms with Gasteiger partial charge in [0.1, 0.15) is 11.5 Å². The quantitative estimate of drug-likeness (QED) is 0.288. The molecule has 2 unspecified atom stereocenters. The third kappa shape index (κ3) is 6.62. The van der Waals surface area contributed by atoms with Gasteiger partial charge in [-0.25, -0.2) is 9.34 Å². The topological polar surface area (TPSA) is 99.1 Å². The highest BCUT2D eigenvalue weighted by Crippen LogP contribution is 2.88. The molecule has 2 aromatic rings. The number of nitrogens with zero attached hydrogens (tertiary/aromatic N) is 8. The van der Waals surface area contributed by atoms with Crippen LogP contribution in [0.1, 0.15) is 11.1 Å². The molecule has 4 heterocycles. The zero-order chi connectivity index (χ0) is 28.6. The Morgan fingerprint density at radius 1 is 0.525 bits per heavy atom. The lowest BCUT2D eigenvalue weighted by molar-refractivity contribution is 0.304. The van der Waals surface area contributed by atoms with Crippen LogP contribution >= 0.6 is 129 Å². The van der Waals surface area contributed by atoms with E-state index in [4.69, 9.17) is 99.0 Å². The number of fused-ring (bicyclic) bond motifs is 2. The van der Waals surface area contributed by atoms with Gasteiger partial charge in [-0.05, 0) is 102 Å². The van der Waals surface area contributed by atoms with Crippen molar-refractivity contribution < 1.29 is 9.05 Å². The minimum Gasteiger partial charge on any atom is -0.430 e. The highest BCUT2D eigenvalue weighted by Gasteiger charge is 2.46. The Morgan fingerprint density at radius 3 is 1.25 bits per heavy atom. The number of halogens is 8. The summed E-state index contributed by atoms with van der Waals surface area (Å²) < 4.78 is 43.5. The number of rotatable bonds is 3. The van der Waals surface area contributed by atoms with Crippen molar-refractivity contribution in [2.24, 2.45) is 27.1 Å². The monoisotopic (exact) mass is 818 g/mol. The van der Waals surface area contributed by atoms with Gasteiger partial charge in [0.25, 0.3) is 23.6 Å². The fourth-order valence-electron chi connectivity index (χ4n) is 4.28. The van der Waals surface area contributed by atoms with Gasteiger partial charge in [-0.2, -0.15) is 27.1 Å². The van der Waals surface area contributed by atoms with Gasteiger partial charge in [-0.15, -0.1) is 0 Å². The molecule has 24 heteroatoms. The number of hydrogen-bond donors (Lipinski definition) is 0. The lowest BCUT2D eigenvalue weighted by Crippen LogP contribution is -2.36. The van der Waals surface area contributed by atoms with E-state index in [1.165, 1.54) is 0 Å². The first-order valence-corrected chi connectivity index (χ1v) is 28.2. The summed E-state index contributed by atoms with van der Waals surface area (Å²) in [5.41, 5.74) is 1.83. The van der Waals surface area contributed by atoms with Crippen LogP contribution < -0.4 is 9.05 Å². The Morgan fingerprint density at radius 2 is 0.875 bits per heavy atom. The zero-order valence-corrected chi connectivity index (χ0v) is 31.0. The zero-order valence-electron chi connectivity index (χ0n) is 19.5. The van der Waals surface area contributed by atoms with Crippen molar-refractivity contribution >= 4 is 129 Å². The SMILES string of the molecule is ClP1(Cl)=NP(Cl)(Cl)=NP2(=N1)Oc1ccccc1CN2CCN1Cc2ccccc2OP12=NP(Cl)(Cl)=NP(Cl)(Cl)=N2. The van der Waals surface area contributed by atoms with Crippen LogP contribution in [0.4, 0.5) is 0 Å². The molecule has 0 N–H and O–H groups in total. The molecule has 0 saturated heterocycles. The molecule has 0 aliphatic carbocycles. The van der Waals surface area contributed by atoms with Crippen LogP contribution in [0.2, 0.25) is 0 Å². The van der Waals surface area contributed by atoms with E-state index in [-0.39, 0.29) is 0 Å². The molecule has 2 spiro atoms. The lowest BCUT2D eigenvalue weighted by atomic mass is 10.2. The summed E-state index contributed by atoms with van der Waals surface area (Å²) in [6.07, 6.45) is 0. The van der Waals surface area contributed by atoms with Crippen LogP contribution in [0.5, 0.6) is 11.5 Å². The Balaban J connectivity index is 1.44. The van der Waals surface area contributed by atoms with Crippen LogP contribution in [0.15, 0.2) is 75.6 Å². The van der Waals surface area contributed by atoms with E-state index >= 15 is 0 Å². The summed E-state index contributed by atoms with van der Waals surface area (Å²) in [5.74, 6) is -11.9. The number of hydrogen-bond acceptors (Lipinski definition) is 10. The maximum Gasteiger partial charge on any atom is 0.333 e. The predicted molar refractivity (Wildman–Crippen MR) is 178 cm³/mol. The number of para-hydroxylation sites is 2. The summed E-state index contributed by atoms with van der Waals surface area (Å²) in [6.45, 7) is 1.45. The first kappa shape index (κ1) is 31.6. The summed E-state index contributed by atoms with van der Waals surface area (Å²) in [6, 6.07) is 15.1. The smallest absolute Gasteiger partial charge is 0.333 e. The van der Waals surface area contributed by atoms with E-state index in [1.807, 2.05) is 57.9 Å². The van der Waals surface area contributed by atoms with Crippen LogP contribution in [0.3, 0.4) is 0 Å². The van der Waals surface area contributed by atoms with Gasteiger partial charge in [0.05, 0.1) is 0 Å². The molecule has 0 fully saturated rings. The van der Waals surface area contributed by atoms with Crippen molar-refractivity contribution in [3.8, 4) is 11.5 Å². The Bertz CT molecular complexity index is 1620. The Hall–Kier alpha value is 1.66. The van der Waals surface area contributed by atoms with E-state index < -0.39 is 38.8 Å². The molecule has 0 radical (unpaired) electrons. The molecular weight excluding hydrogens is 806 g/mol. The highest BCUT2D eigenvalue weighted by atomic mass is 35.9. The highest BCUT2D eigenvalue weighted by molar-refractivity contribution is 8.21. The minimum atomic E-state index is -3.28. The minimum absolute atomic E-state index is 0.318. The fourth-order valence-corrected chi connectivity index (χ4v) is 34.4. The van der Waals surface area contributed by atoms with E-state index in [1.54, 1.807) is 0 Å². The summed E-state index contributed by atoms with van der Waals surface area (Å²) in [4.78, 5) is 0. The third-order valence-corrected chi connectivity index (χ3v) is 29.2. The van der Waals surface area contributed by atoms with Crippen molar-refractivity contribution in [3.05, 3.63) is 59.7 Å². The standard InChI is InChI=1S/C16H16Cl8N8O2P6/c17-35(18)25-36(19,20)28-39(27-35)31(11-13-5-1-3-7-15(13)33-39)9-10-32-12-14-6-2-4-8-16(14)34-40(32)29-37(21,22)26-38(23,24)30-40/h1-8H,9-12H2. The molecule has 0 saturated carbocycles. The second-order valence-electron chi connectivity index (χ2n) is 8.56. The fraction of sp³-hybridized carbons (Fsp3) is 0.250. The second kappa shape index (κ2) is 11.2. The van der Waals surface area contributed by atoms with Crippen LogP contribution in [0.25, 0.3) is 0 Å². The lowest BCUT2D eigenvalue weighted by Gasteiger charge is -2.42. The summed E-state index contributed by atoms with van der Waals surface area (Å²) in [7, 11) is -6.54. The molecule has 4 aliphatic rings. The summed E-state index contributed by atoms with van der Waals surface area (Å²) in [5, 5.41) is 0. The van der Waals surface area contributed by atoms with E-state index in [9.17, 15) is 0 Å². The molecule has 0 amide bonds. The molecule has 40 heavy (non-hydrogen) atoms. The van der Waals surface area contributed by atoms with Crippen LogP contribution in [-0.4, -0.2) is 22.4 Å². The number of benzene rings is 2. The second-order valence-corrected chi connectivity index (χ2v) is 33.4. The first-order chi connectivity index (χ1) is 18.6. The molecule has 6 rings (SSSR count). The Labute approximate surface area is 269 Å². The Kier molecular flexibility index (Phi) is 8.84. The van der Waals surface area contributed by atoms with Crippen molar-refractivity contribution in [1.82, 2.24) is 9.34 Å². The van der Waals surface area contributed by atoms with E-state index in [2.05, 4.69) is 27.1 Å². The molecule has 2 aromatic carbocycles. The normalized spacial score (nSPS) is 30.9. The van der Waals surface area contributed by atoms with Crippen molar-refractivity contribution in [2.45, 2.75) is 13.1 Å². The maximum absolute atomic E-state index is 6.50. The van der Waals surface area contributed by atoms with Crippen LogP contribution in [0, 0.1) is 0 Å². The first-order valence-electron chi connectivity index (χ1n) is 11.1. The van der Waals surface area contributed by atoms with E-state index in [0.717, 1.165) is 11.1 Å². The average Bonchev–Trinajstić information content (AvgIpc) is 2.78. The van der Waals surface area contributed by atoms with Gasteiger partial charge in [-0.3, -0.25) is 0 Å². The maximum atomic E-state index is 6.50. The van der Waals surface area contributed by atoms with Gasteiger partial charge in [0.2, 0.25) is 0 Å². The predicted octanol–water partition coefficient (Wildman–Crippen LogP) is 14.4. The van der Waals surface area contributed by atoms with Gasteiger partial charge >= 0.3 is 15.2 Å². The largest absolute Gasteiger partial charge is 0.430 e. The molecular formula is C16H16Cl8N8O2P6. The molecule has 2 atom stereocenters. The third-order valence-electron chi connectivity index (χ3n) is 5.77.